The maximum atomic E-state index is 11.9. The second kappa shape index (κ2) is 10.1. The normalized spacial score (nSPS) is 27.2. The number of anilines is 1. The minimum Gasteiger partial charge on any atom is -0.378 e. The number of benzene rings is 1. The summed E-state index contributed by atoms with van der Waals surface area (Å²) in [6.07, 6.45) is 10.3. The quantitative estimate of drug-likeness (QED) is 0.708. The fourth-order valence-electron chi connectivity index (χ4n) is 4.97. The van der Waals surface area contributed by atoms with Crippen LogP contribution >= 0.6 is 0 Å². The van der Waals surface area contributed by atoms with Gasteiger partial charge in [0.25, 0.3) is 0 Å². The van der Waals surface area contributed by atoms with Crippen LogP contribution in [0, 0.1) is 5.92 Å². The molecule has 2 fully saturated rings. The summed E-state index contributed by atoms with van der Waals surface area (Å²) in [6, 6.07) is 14.7. The highest BCUT2D eigenvalue weighted by molar-refractivity contribution is 7.88. The van der Waals surface area contributed by atoms with Crippen LogP contribution in [-0.2, 0) is 14.8 Å². The molecule has 0 unspecified atom stereocenters. The smallest absolute Gasteiger partial charge is 0.208 e. The van der Waals surface area contributed by atoms with E-state index >= 15 is 0 Å². The fourth-order valence-corrected chi connectivity index (χ4v) is 5.83. The van der Waals surface area contributed by atoms with Crippen LogP contribution < -0.4 is 9.62 Å². The Morgan fingerprint density at radius 2 is 1.74 bits per heavy atom. The van der Waals surface area contributed by atoms with Gasteiger partial charge in [0.2, 0.25) is 10.0 Å². The Morgan fingerprint density at radius 1 is 1.03 bits per heavy atom. The van der Waals surface area contributed by atoms with E-state index in [2.05, 4.69) is 44.9 Å². The van der Waals surface area contributed by atoms with Gasteiger partial charge in [-0.1, -0.05) is 30.3 Å². The van der Waals surface area contributed by atoms with Crippen molar-refractivity contribution in [1.29, 1.82) is 0 Å². The van der Waals surface area contributed by atoms with Gasteiger partial charge in [-0.05, 0) is 55.7 Å². The second-order valence-electron chi connectivity index (χ2n) is 8.91. The monoisotopic (exact) mass is 443 g/mol. The summed E-state index contributed by atoms with van der Waals surface area (Å²) in [5.41, 5.74) is 2.56. The second-order valence-corrected chi connectivity index (χ2v) is 10.7. The number of aromatic nitrogens is 1. The van der Waals surface area contributed by atoms with Crippen molar-refractivity contribution in [2.24, 2.45) is 5.92 Å². The standard InChI is InChI=1S/C24H33N3O3S/c1-31(28,29)26-24-13-16-27(22-11-14-25-15-12-22)17-21(24)18-30-23-9-7-20(8-10-23)19-5-3-2-4-6-19/h2-6,11-12,14-15,20-21,23-24,26H,7-10,13,16-18H2,1H3/t20?,21-,23?,24-/m0/s1. The summed E-state index contributed by atoms with van der Waals surface area (Å²) < 4.78 is 33.0. The van der Waals surface area contributed by atoms with Gasteiger partial charge in [-0.15, -0.1) is 0 Å². The molecular formula is C24H33N3O3S. The third-order valence-corrected chi connectivity index (χ3v) is 7.35. The average molecular weight is 444 g/mol. The minimum absolute atomic E-state index is 0.0891. The zero-order chi connectivity index (χ0) is 21.7. The van der Waals surface area contributed by atoms with Crippen molar-refractivity contribution in [3.63, 3.8) is 0 Å². The van der Waals surface area contributed by atoms with E-state index in [1.807, 2.05) is 12.1 Å². The van der Waals surface area contributed by atoms with Gasteiger partial charge >= 0.3 is 0 Å². The van der Waals surface area contributed by atoms with Crippen LogP contribution in [0.3, 0.4) is 0 Å². The van der Waals surface area contributed by atoms with Gasteiger partial charge in [0, 0.05) is 43.1 Å². The van der Waals surface area contributed by atoms with E-state index in [1.54, 1.807) is 12.4 Å². The summed E-state index contributed by atoms with van der Waals surface area (Å²) >= 11 is 0. The Balaban J connectivity index is 1.34. The van der Waals surface area contributed by atoms with Crippen LogP contribution in [0.4, 0.5) is 5.69 Å². The largest absolute Gasteiger partial charge is 0.378 e. The van der Waals surface area contributed by atoms with Crippen molar-refractivity contribution in [3.8, 4) is 0 Å². The van der Waals surface area contributed by atoms with Crippen molar-refractivity contribution in [2.75, 3.05) is 30.9 Å². The number of rotatable bonds is 7. The molecule has 2 heterocycles. The third-order valence-electron chi connectivity index (χ3n) is 6.62. The van der Waals surface area contributed by atoms with Crippen molar-refractivity contribution >= 4 is 15.7 Å². The number of piperidine rings is 1. The molecule has 2 atom stereocenters. The first kappa shape index (κ1) is 22.2. The van der Waals surface area contributed by atoms with Gasteiger partial charge in [0.05, 0.1) is 19.0 Å². The lowest BCUT2D eigenvalue weighted by atomic mass is 9.82. The lowest BCUT2D eigenvalue weighted by Gasteiger charge is -2.40. The Kier molecular flexibility index (Phi) is 7.25. The molecule has 6 nitrogen and oxygen atoms in total. The summed E-state index contributed by atoms with van der Waals surface area (Å²) in [7, 11) is -3.25. The van der Waals surface area contributed by atoms with E-state index in [1.165, 1.54) is 11.8 Å². The molecule has 0 bridgehead atoms. The summed E-state index contributed by atoms with van der Waals surface area (Å²) in [5, 5.41) is 0. The van der Waals surface area contributed by atoms with Crippen molar-refractivity contribution < 1.29 is 13.2 Å². The van der Waals surface area contributed by atoms with Crippen LogP contribution in [-0.4, -0.2) is 51.5 Å². The molecule has 1 aromatic carbocycles. The number of nitrogens with zero attached hydrogens (tertiary/aromatic N) is 2. The Morgan fingerprint density at radius 3 is 2.42 bits per heavy atom. The van der Waals surface area contributed by atoms with E-state index in [-0.39, 0.29) is 18.1 Å². The van der Waals surface area contributed by atoms with E-state index in [4.69, 9.17) is 4.74 Å². The molecule has 1 saturated heterocycles. The lowest BCUT2D eigenvalue weighted by Crippen LogP contribution is -2.52. The predicted octanol–water partition coefficient (Wildman–Crippen LogP) is 3.57. The van der Waals surface area contributed by atoms with Crippen molar-refractivity contribution in [3.05, 3.63) is 60.4 Å². The van der Waals surface area contributed by atoms with Crippen LogP contribution in [0.15, 0.2) is 54.9 Å². The molecule has 31 heavy (non-hydrogen) atoms. The molecule has 2 aromatic rings. The van der Waals surface area contributed by atoms with Gasteiger partial charge in [-0.2, -0.15) is 0 Å². The first-order valence-corrected chi connectivity index (χ1v) is 13.2. The molecule has 1 aliphatic heterocycles. The van der Waals surface area contributed by atoms with Crippen LogP contribution in [0.5, 0.6) is 0 Å². The van der Waals surface area contributed by atoms with Gasteiger partial charge in [0.15, 0.2) is 0 Å². The topological polar surface area (TPSA) is 71.5 Å². The molecule has 4 rings (SSSR count). The molecule has 1 saturated carbocycles. The lowest BCUT2D eigenvalue weighted by molar-refractivity contribution is -0.00209. The van der Waals surface area contributed by atoms with E-state index in [9.17, 15) is 8.42 Å². The Hall–Kier alpha value is -1.96. The van der Waals surface area contributed by atoms with Gasteiger partial charge < -0.3 is 9.64 Å². The first-order chi connectivity index (χ1) is 15.0. The number of ether oxygens (including phenoxy) is 1. The number of sulfonamides is 1. The Labute approximate surface area is 186 Å². The maximum absolute atomic E-state index is 11.9. The highest BCUT2D eigenvalue weighted by atomic mass is 32.2. The molecule has 168 valence electrons. The average Bonchev–Trinajstić information content (AvgIpc) is 2.79. The fraction of sp³-hybridized carbons (Fsp3) is 0.542. The summed E-state index contributed by atoms with van der Waals surface area (Å²) in [5.74, 6) is 0.737. The number of nitrogens with one attached hydrogen (secondary N) is 1. The third kappa shape index (κ3) is 6.28. The summed E-state index contributed by atoms with van der Waals surface area (Å²) in [4.78, 5) is 6.41. The molecule has 7 heteroatoms. The van der Waals surface area contributed by atoms with Gasteiger partial charge in [0.1, 0.15) is 0 Å². The van der Waals surface area contributed by atoms with E-state index in [0.717, 1.165) is 50.9 Å². The zero-order valence-electron chi connectivity index (χ0n) is 18.2. The number of hydrogen-bond acceptors (Lipinski definition) is 5. The predicted molar refractivity (Wildman–Crippen MR) is 124 cm³/mol. The van der Waals surface area contributed by atoms with Crippen LogP contribution in [0.25, 0.3) is 0 Å². The number of pyridine rings is 1. The Bertz CT molecular complexity index is 916. The van der Waals surface area contributed by atoms with Crippen molar-refractivity contribution in [1.82, 2.24) is 9.71 Å². The van der Waals surface area contributed by atoms with Gasteiger partial charge in [-0.25, -0.2) is 13.1 Å². The van der Waals surface area contributed by atoms with E-state index in [0.29, 0.717) is 12.5 Å². The maximum Gasteiger partial charge on any atom is 0.208 e. The van der Waals surface area contributed by atoms with Crippen LogP contribution in [0.1, 0.15) is 43.6 Å². The van der Waals surface area contributed by atoms with Crippen molar-refractivity contribution in [2.45, 2.75) is 50.2 Å². The van der Waals surface area contributed by atoms with E-state index < -0.39 is 10.0 Å². The molecule has 0 radical (unpaired) electrons. The molecule has 0 amide bonds. The molecule has 2 aliphatic rings. The highest BCUT2D eigenvalue weighted by Crippen LogP contribution is 2.34. The SMILES string of the molecule is CS(=O)(=O)N[C@H]1CCN(c2ccncc2)C[C@H]1COC1CCC(c2ccccc2)CC1. The van der Waals surface area contributed by atoms with Gasteiger partial charge in [-0.3, -0.25) is 4.98 Å². The highest BCUT2D eigenvalue weighted by Gasteiger charge is 2.33. The molecule has 1 aliphatic carbocycles. The molecular weight excluding hydrogens is 410 g/mol. The van der Waals surface area contributed by atoms with Crippen LogP contribution in [0.2, 0.25) is 0 Å². The molecule has 0 spiro atoms. The molecule has 1 aromatic heterocycles. The number of hydrogen-bond donors (Lipinski definition) is 1. The minimum atomic E-state index is -3.25. The molecule has 1 N–H and O–H groups in total. The first-order valence-electron chi connectivity index (χ1n) is 11.3. The summed E-state index contributed by atoms with van der Waals surface area (Å²) in [6.45, 7) is 2.17. The zero-order valence-corrected chi connectivity index (χ0v) is 19.0.